The Kier molecular flexibility index (Phi) is 4.43. The number of benzene rings is 1. The third-order valence-corrected chi connectivity index (χ3v) is 1.86. The van der Waals surface area contributed by atoms with Crippen LogP contribution in [0.2, 0.25) is 0 Å². The van der Waals surface area contributed by atoms with E-state index in [0.717, 1.165) is 5.69 Å². The van der Waals surface area contributed by atoms with Gasteiger partial charge in [-0.1, -0.05) is 18.2 Å². The molecule has 0 spiro atoms. The van der Waals surface area contributed by atoms with Gasteiger partial charge in [0.25, 0.3) is 0 Å². The van der Waals surface area contributed by atoms with Gasteiger partial charge >= 0.3 is 5.96 Å². The van der Waals surface area contributed by atoms with Crippen LogP contribution >= 0.6 is 0 Å². The van der Waals surface area contributed by atoms with Crippen LogP contribution in [0.15, 0.2) is 30.3 Å². The summed E-state index contributed by atoms with van der Waals surface area (Å²) in [5, 5.41) is 12.6. The van der Waals surface area contributed by atoms with Crippen molar-refractivity contribution in [3.05, 3.63) is 30.3 Å². The fourth-order valence-corrected chi connectivity index (χ4v) is 1.10. The molecule has 0 aliphatic rings. The molecule has 15 heavy (non-hydrogen) atoms. The van der Waals surface area contributed by atoms with E-state index in [2.05, 4.69) is 10.3 Å². The van der Waals surface area contributed by atoms with E-state index in [9.17, 15) is 5.11 Å². The zero-order chi connectivity index (χ0) is 11.1. The maximum atomic E-state index is 9.51. The minimum absolute atomic E-state index is 0.119. The van der Waals surface area contributed by atoms with Gasteiger partial charge in [0.2, 0.25) is 0 Å². The summed E-state index contributed by atoms with van der Waals surface area (Å²) in [6.07, 6.45) is -0.535. The van der Waals surface area contributed by atoms with Crippen molar-refractivity contribution in [2.75, 3.05) is 18.4 Å². The molecule has 1 aromatic carbocycles. The van der Waals surface area contributed by atoms with Crippen molar-refractivity contribution in [3.8, 4) is 0 Å². The molecule has 0 heterocycles. The number of aliphatic hydroxyl groups excluding tert-OH is 1. The first-order chi connectivity index (χ1) is 7.18. The van der Waals surface area contributed by atoms with E-state index in [1.54, 1.807) is 0 Å². The lowest BCUT2D eigenvalue weighted by Crippen LogP contribution is -2.80. The molecule has 5 heteroatoms. The van der Waals surface area contributed by atoms with Crippen LogP contribution in [-0.2, 0) is 0 Å². The second kappa shape index (κ2) is 5.87. The Hall–Kier alpha value is -1.75. The van der Waals surface area contributed by atoms with Crippen LogP contribution in [0.25, 0.3) is 0 Å². The Morgan fingerprint density at radius 1 is 1.33 bits per heavy atom. The van der Waals surface area contributed by atoms with Gasteiger partial charge in [0, 0.05) is 12.2 Å². The van der Waals surface area contributed by atoms with Gasteiger partial charge in [-0.05, 0) is 12.1 Å². The highest BCUT2D eigenvalue weighted by molar-refractivity contribution is 5.69. The van der Waals surface area contributed by atoms with E-state index in [4.69, 9.17) is 11.5 Å². The van der Waals surface area contributed by atoms with Crippen molar-refractivity contribution in [1.82, 2.24) is 0 Å². The number of hydrogen-bond acceptors (Lipinski definition) is 2. The van der Waals surface area contributed by atoms with E-state index in [-0.39, 0.29) is 5.96 Å². The fourth-order valence-electron chi connectivity index (χ4n) is 1.10. The van der Waals surface area contributed by atoms with Crippen LogP contribution in [0.4, 0.5) is 5.69 Å². The number of anilines is 1. The van der Waals surface area contributed by atoms with E-state index in [1.807, 2.05) is 30.3 Å². The van der Waals surface area contributed by atoms with E-state index in [1.165, 1.54) is 0 Å². The molecule has 1 atom stereocenters. The molecule has 0 aliphatic carbocycles. The molecule has 1 rings (SSSR count). The molecule has 7 N–H and O–H groups in total. The van der Waals surface area contributed by atoms with Gasteiger partial charge in [-0.3, -0.25) is 16.5 Å². The molecule has 0 amide bonds. The molecule has 0 bridgehead atoms. The zero-order valence-corrected chi connectivity index (χ0v) is 8.48. The monoisotopic (exact) mass is 209 g/mol. The fraction of sp³-hybridized carbons (Fsp3) is 0.300. The Labute approximate surface area is 88.8 Å². The number of aliphatic hydroxyl groups is 1. The lowest BCUT2D eigenvalue weighted by Gasteiger charge is -2.09. The summed E-state index contributed by atoms with van der Waals surface area (Å²) in [5.41, 5.74) is 11.4. The first-order valence-corrected chi connectivity index (χ1v) is 4.77. The Morgan fingerprint density at radius 2 is 2.00 bits per heavy atom. The molecule has 82 valence electrons. The number of para-hydroxylation sites is 1. The van der Waals surface area contributed by atoms with Gasteiger partial charge in [0.1, 0.15) is 6.10 Å². The van der Waals surface area contributed by atoms with Crippen molar-refractivity contribution in [3.63, 3.8) is 0 Å². The standard InChI is InChI=1S/C10H16N4O/c11-10(12)14-7-9(15)6-13-8-4-2-1-3-5-8/h1-5,9,13,15H,6-7H2,(H4,11,12,14)/p+1. The van der Waals surface area contributed by atoms with Crippen LogP contribution in [-0.4, -0.2) is 30.3 Å². The molecule has 0 aliphatic heterocycles. The number of nitrogens with one attached hydrogen (secondary N) is 2. The summed E-state index contributed by atoms with van der Waals surface area (Å²) in [7, 11) is 0. The molecular formula is C10H17N4O+. The Morgan fingerprint density at radius 3 is 2.60 bits per heavy atom. The largest absolute Gasteiger partial charge is 0.388 e. The maximum Gasteiger partial charge on any atom is 0.338 e. The smallest absolute Gasteiger partial charge is 0.338 e. The molecule has 1 aromatic rings. The molecule has 5 nitrogen and oxygen atoms in total. The van der Waals surface area contributed by atoms with Gasteiger partial charge in [-0.15, -0.1) is 0 Å². The predicted octanol–water partition coefficient (Wildman–Crippen LogP) is -2.19. The van der Waals surface area contributed by atoms with Gasteiger partial charge in [-0.2, -0.15) is 0 Å². The third kappa shape index (κ3) is 4.87. The van der Waals surface area contributed by atoms with E-state index >= 15 is 0 Å². The Bertz CT molecular complexity index is 308. The maximum absolute atomic E-state index is 9.51. The van der Waals surface area contributed by atoms with Crippen molar-refractivity contribution in [2.45, 2.75) is 6.10 Å². The molecule has 0 saturated carbocycles. The van der Waals surface area contributed by atoms with Gasteiger partial charge in [-0.25, -0.2) is 0 Å². The lowest BCUT2D eigenvalue weighted by atomic mass is 10.3. The first kappa shape index (κ1) is 11.3. The highest BCUT2D eigenvalue weighted by Crippen LogP contribution is 2.03. The van der Waals surface area contributed by atoms with Gasteiger partial charge in [0.15, 0.2) is 0 Å². The van der Waals surface area contributed by atoms with Gasteiger partial charge in [0.05, 0.1) is 6.54 Å². The summed E-state index contributed by atoms with van der Waals surface area (Å²) in [6.45, 7) is 0.784. The topological polar surface area (TPSA) is 98.3 Å². The molecule has 1 unspecified atom stereocenters. The third-order valence-electron chi connectivity index (χ3n) is 1.86. The summed E-state index contributed by atoms with van der Waals surface area (Å²) in [4.78, 5) is 2.66. The lowest BCUT2D eigenvalue weighted by molar-refractivity contribution is -0.470. The predicted molar refractivity (Wildman–Crippen MR) is 60.2 cm³/mol. The van der Waals surface area contributed by atoms with Gasteiger partial charge < -0.3 is 10.4 Å². The van der Waals surface area contributed by atoms with Crippen molar-refractivity contribution >= 4 is 11.6 Å². The van der Waals surface area contributed by atoms with Crippen LogP contribution in [0, 0.1) is 0 Å². The number of nitrogens with two attached hydrogens (primary N) is 2. The molecule has 0 aromatic heterocycles. The minimum Gasteiger partial charge on any atom is -0.388 e. The van der Waals surface area contributed by atoms with Crippen LogP contribution < -0.4 is 21.8 Å². The molecule has 0 saturated heterocycles. The Balaban J connectivity index is 2.28. The number of rotatable bonds is 5. The van der Waals surface area contributed by atoms with Crippen molar-refractivity contribution in [1.29, 1.82) is 0 Å². The normalized spacial score (nSPS) is 11.8. The number of hydrogen-bond donors (Lipinski definition) is 5. The zero-order valence-electron chi connectivity index (χ0n) is 8.48. The van der Waals surface area contributed by atoms with Crippen LogP contribution in [0.1, 0.15) is 0 Å². The van der Waals surface area contributed by atoms with E-state index < -0.39 is 6.10 Å². The molecular weight excluding hydrogens is 192 g/mol. The quantitative estimate of drug-likeness (QED) is 0.281. The van der Waals surface area contributed by atoms with Crippen LogP contribution in [0.3, 0.4) is 0 Å². The summed E-state index contributed by atoms with van der Waals surface area (Å²) < 4.78 is 0. The first-order valence-electron chi connectivity index (χ1n) is 4.77. The highest BCUT2D eigenvalue weighted by atomic mass is 16.3. The molecule has 0 radical (unpaired) electrons. The van der Waals surface area contributed by atoms with Crippen LogP contribution in [0.5, 0.6) is 0 Å². The SMILES string of the molecule is NC(N)=[NH+]CC(O)CNc1ccccc1. The van der Waals surface area contributed by atoms with Crippen molar-refractivity contribution in [2.24, 2.45) is 11.5 Å². The highest BCUT2D eigenvalue weighted by Gasteiger charge is 2.03. The summed E-state index contributed by atoms with van der Waals surface area (Å²) in [5.74, 6) is 0.119. The summed E-state index contributed by atoms with van der Waals surface area (Å²) in [6, 6.07) is 9.66. The minimum atomic E-state index is -0.535. The average Bonchev–Trinajstić information content (AvgIpc) is 2.25. The second-order valence-electron chi connectivity index (χ2n) is 3.24. The van der Waals surface area contributed by atoms with Crippen molar-refractivity contribution < 1.29 is 10.1 Å². The molecule has 0 fully saturated rings. The van der Waals surface area contributed by atoms with E-state index in [0.29, 0.717) is 13.1 Å². The second-order valence-corrected chi connectivity index (χ2v) is 3.24. The number of guanidine groups is 1. The average molecular weight is 209 g/mol. The summed E-state index contributed by atoms with van der Waals surface area (Å²) >= 11 is 0.